The highest BCUT2D eigenvalue weighted by Crippen LogP contribution is 2.19. The third-order valence-corrected chi connectivity index (χ3v) is 5.29. The zero-order valence-corrected chi connectivity index (χ0v) is 20.8. The second-order valence-electron chi connectivity index (χ2n) is 7.39. The van der Waals surface area contributed by atoms with Crippen molar-refractivity contribution in [1.29, 1.82) is 0 Å². The Morgan fingerprint density at radius 3 is 2.88 bits per heavy atom. The van der Waals surface area contributed by atoms with Crippen LogP contribution < -0.4 is 16.4 Å². The molecule has 1 aliphatic rings. The molecule has 0 bridgehead atoms. The van der Waals surface area contributed by atoms with E-state index in [2.05, 4.69) is 25.6 Å². The molecule has 3 heterocycles. The van der Waals surface area contributed by atoms with Crippen molar-refractivity contribution in [3.05, 3.63) is 64.8 Å². The van der Waals surface area contributed by atoms with Gasteiger partial charge < -0.3 is 21.1 Å². The summed E-state index contributed by atoms with van der Waals surface area (Å²) in [6.45, 7) is 3.51. The second kappa shape index (κ2) is 12.2. The fraction of sp³-hybridized carbons (Fsp3) is 0.333. The van der Waals surface area contributed by atoms with Crippen LogP contribution in [-0.2, 0) is 4.74 Å². The van der Waals surface area contributed by atoms with Gasteiger partial charge in [0.1, 0.15) is 17.8 Å². The number of carbonyl (C=O) groups excluding carboxylic acids is 1. The Labute approximate surface area is 211 Å². The van der Waals surface area contributed by atoms with Crippen molar-refractivity contribution in [2.45, 2.75) is 25.4 Å². The molecule has 1 fully saturated rings. The first-order valence-electron chi connectivity index (χ1n) is 10.0. The van der Waals surface area contributed by atoms with Gasteiger partial charge in [0.2, 0.25) is 5.95 Å². The number of nitrogens with zero attached hydrogens (tertiary/aromatic N) is 4. The maximum absolute atomic E-state index is 12.8. The summed E-state index contributed by atoms with van der Waals surface area (Å²) >= 11 is 6.06. The van der Waals surface area contributed by atoms with Crippen LogP contribution in [0.2, 0.25) is 5.02 Å². The van der Waals surface area contributed by atoms with Crippen LogP contribution >= 0.6 is 38.6 Å². The van der Waals surface area contributed by atoms with Crippen LogP contribution in [-0.4, -0.2) is 51.2 Å². The molecule has 1 saturated heterocycles. The first kappa shape index (κ1) is 26.9. The minimum Gasteiger partial charge on any atom is -0.379 e. The zero-order valence-electron chi connectivity index (χ0n) is 18.1. The van der Waals surface area contributed by atoms with Crippen LogP contribution in [0.4, 0.5) is 5.95 Å². The van der Waals surface area contributed by atoms with E-state index in [1.165, 1.54) is 0 Å². The van der Waals surface area contributed by atoms with Gasteiger partial charge in [-0.3, -0.25) is 9.36 Å². The maximum Gasteiger partial charge on any atom is 0.272 e. The Morgan fingerprint density at radius 2 is 2.18 bits per heavy atom. The number of hydrogen-bond donors (Lipinski definition) is 3. The molecule has 3 aromatic rings. The van der Waals surface area contributed by atoms with Gasteiger partial charge in [0.05, 0.1) is 18.7 Å². The Morgan fingerprint density at radius 1 is 1.36 bits per heavy atom. The van der Waals surface area contributed by atoms with Crippen molar-refractivity contribution in [2.75, 3.05) is 25.1 Å². The predicted octanol–water partition coefficient (Wildman–Crippen LogP) is 2.48. The maximum atomic E-state index is 12.8. The van der Waals surface area contributed by atoms with Gasteiger partial charge in [-0.2, -0.15) is 32.0 Å². The van der Waals surface area contributed by atoms with E-state index >= 15 is 0 Å². The molecule has 1 aliphatic heterocycles. The summed E-state index contributed by atoms with van der Waals surface area (Å²) in [5.74, 6) is 0.829. The highest BCUT2D eigenvalue weighted by molar-refractivity contribution is 7.59. The molecule has 1 aromatic carbocycles. The lowest BCUT2D eigenvalue weighted by atomic mass is 10.1. The lowest BCUT2D eigenvalue weighted by Crippen LogP contribution is -2.33. The van der Waals surface area contributed by atoms with E-state index in [4.69, 9.17) is 22.1 Å². The summed E-state index contributed by atoms with van der Waals surface area (Å²) in [4.78, 5) is 26.0. The third kappa shape index (κ3) is 6.61. The normalized spacial score (nSPS) is 15.8. The summed E-state index contributed by atoms with van der Waals surface area (Å²) in [5, 5.41) is 6.77. The summed E-state index contributed by atoms with van der Waals surface area (Å²) in [6.07, 6.45) is 5.85. The Hall–Kier alpha value is -2.31. The van der Waals surface area contributed by atoms with Crippen molar-refractivity contribution in [3.8, 4) is 5.82 Å². The Balaban J connectivity index is 0.00000193. The molecule has 0 spiro atoms. The van der Waals surface area contributed by atoms with Crippen LogP contribution in [0.1, 0.15) is 34.1 Å². The van der Waals surface area contributed by atoms with Crippen LogP contribution in [0.25, 0.3) is 5.82 Å². The average Bonchev–Trinajstić information content (AvgIpc) is 3.45. The van der Waals surface area contributed by atoms with E-state index in [0.717, 1.165) is 24.2 Å². The number of amides is 1. The molecule has 178 valence electrons. The minimum absolute atomic E-state index is 0. The number of carbonyl (C=O) groups is 1. The van der Waals surface area contributed by atoms with Gasteiger partial charge in [-0.15, -0.1) is 0 Å². The van der Waals surface area contributed by atoms with Crippen molar-refractivity contribution in [1.82, 2.24) is 24.8 Å². The second-order valence-corrected chi connectivity index (χ2v) is 7.82. The van der Waals surface area contributed by atoms with Gasteiger partial charge in [-0.1, -0.05) is 23.7 Å². The number of aryl methyl sites for hydroxylation is 1. The van der Waals surface area contributed by atoms with Gasteiger partial charge in [-0.05, 0) is 31.0 Å². The fourth-order valence-corrected chi connectivity index (χ4v) is 3.58. The summed E-state index contributed by atoms with van der Waals surface area (Å²) in [7, 11) is 0. The molecule has 2 aromatic heterocycles. The van der Waals surface area contributed by atoms with Gasteiger partial charge in [0.25, 0.3) is 5.91 Å². The number of nitrogens with two attached hydrogens (primary N) is 1. The quantitative estimate of drug-likeness (QED) is 0.447. The van der Waals surface area contributed by atoms with Crippen LogP contribution in [0.3, 0.4) is 0 Å². The average molecular weight is 510 g/mol. The lowest BCUT2D eigenvalue weighted by Gasteiger charge is -2.16. The van der Waals surface area contributed by atoms with Gasteiger partial charge >= 0.3 is 0 Å². The van der Waals surface area contributed by atoms with Gasteiger partial charge in [0, 0.05) is 36.1 Å². The molecule has 4 N–H and O–H groups in total. The number of hydrogen-bond acceptors (Lipinski definition) is 7. The van der Waals surface area contributed by atoms with Crippen LogP contribution in [0, 0.1) is 6.92 Å². The molecule has 2 atom stereocenters. The van der Waals surface area contributed by atoms with E-state index < -0.39 is 0 Å². The molecule has 0 radical (unpaired) electrons. The summed E-state index contributed by atoms with van der Waals surface area (Å²) in [6, 6.07) is 7.07. The van der Waals surface area contributed by atoms with Gasteiger partial charge in [0.15, 0.2) is 0 Å². The zero-order chi connectivity index (χ0) is 21.8. The summed E-state index contributed by atoms with van der Waals surface area (Å²) < 4.78 is 7.09. The SMILES string of the molecule is Cc1cnc(N[C@H]2CCOC2)nc1-n1cnc(C(=O)NC(CN)c2cccc(Cl)c2)c1.S.S. The topological polar surface area (TPSA) is 120 Å². The first-order chi connectivity index (χ1) is 15.0. The van der Waals surface area contributed by atoms with Gasteiger partial charge in [-0.25, -0.2) is 9.97 Å². The largest absolute Gasteiger partial charge is 0.379 e. The number of rotatable bonds is 7. The highest BCUT2D eigenvalue weighted by atomic mass is 35.5. The number of aromatic nitrogens is 4. The minimum atomic E-state index is -0.374. The van der Waals surface area contributed by atoms with Crippen molar-refractivity contribution >= 4 is 50.4 Å². The fourth-order valence-electron chi connectivity index (χ4n) is 3.38. The molecule has 9 nitrogen and oxygen atoms in total. The number of nitrogens with one attached hydrogen (secondary N) is 2. The van der Waals surface area contributed by atoms with E-state index in [9.17, 15) is 4.79 Å². The molecule has 0 aliphatic carbocycles. The van der Waals surface area contributed by atoms with Crippen LogP contribution in [0.15, 0.2) is 43.0 Å². The Bertz CT molecular complexity index is 1080. The monoisotopic (exact) mass is 509 g/mol. The molecule has 1 amide bonds. The smallest absolute Gasteiger partial charge is 0.272 e. The van der Waals surface area contributed by atoms with Crippen molar-refractivity contribution in [2.24, 2.45) is 5.73 Å². The molecular weight excluding hydrogens is 482 g/mol. The number of halogens is 1. The highest BCUT2D eigenvalue weighted by Gasteiger charge is 2.19. The molecule has 1 unspecified atom stereocenters. The predicted molar refractivity (Wildman–Crippen MR) is 138 cm³/mol. The molecular formula is C21H28ClN7O2S2. The van der Waals surface area contributed by atoms with Crippen molar-refractivity contribution in [3.63, 3.8) is 0 Å². The number of anilines is 1. The molecule has 0 saturated carbocycles. The number of benzene rings is 1. The van der Waals surface area contributed by atoms with E-state index in [1.807, 2.05) is 19.1 Å². The van der Waals surface area contributed by atoms with E-state index in [-0.39, 0.29) is 57.2 Å². The molecule has 12 heteroatoms. The van der Waals surface area contributed by atoms with Crippen molar-refractivity contribution < 1.29 is 9.53 Å². The standard InChI is InChI=1S/C21H24ClN7O2.2H2S/c1-13-9-24-21(26-16-5-6-31-11-16)28-19(13)29-10-18(25-12-29)20(30)27-17(8-23)14-3-2-4-15(22)7-14;;/h2-4,7,9-10,12,16-17H,5-6,8,11,23H2,1H3,(H,27,30)(H,24,26,28);2*1H2/t16-,17?;;/m0../s1. The number of imidazole rings is 1. The third-order valence-electron chi connectivity index (χ3n) is 5.06. The first-order valence-corrected chi connectivity index (χ1v) is 10.4. The number of ether oxygens (including phenoxy) is 1. The summed E-state index contributed by atoms with van der Waals surface area (Å²) in [5.41, 5.74) is 7.82. The molecule has 4 rings (SSSR count). The van der Waals surface area contributed by atoms with E-state index in [0.29, 0.717) is 23.4 Å². The lowest BCUT2D eigenvalue weighted by molar-refractivity contribution is 0.0933. The Kier molecular flexibility index (Phi) is 9.99. The van der Waals surface area contributed by atoms with Crippen LogP contribution in [0.5, 0.6) is 0 Å². The van der Waals surface area contributed by atoms with E-state index in [1.54, 1.807) is 35.4 Å². The molecule has 33 heavy (non-hydrogen) atoms.